The van der Waals surface area contributed by atoms with E-state index in [1.807, 2.05) is 62.4 Å². The Morgan fingerprint density at radius 1 is 1.04 bits per heavy atom. The molecule has 2 rings (SSSR count). The van der Waals surface area contributed by atoms with Crippen LogP contribution in [-0.4, -0.2) is 22.8 Å². The molecule has 5 heteroatoms. The minimum absolute atomic E-state index is 0.0961. The molecule has 1 atom stereocenters. The van der Waals surface area contributed by atoms with Crippen molar-refractivity contribution in [3.8, 4) is 0 Å². The number of para-hydroxylation sites is 1. The second kappa shape index (κ2) is 8.55. The number of hydrogen-bond acceptors (Lipinski definition) is 3. The van der Waals surface area contributed by atoms with E-state index in [9.17, 15) is 9.59 Å². The lowest BCUT2D eigenvalue weighted by Crippen LogP contribution is -2.25. The van der Waals surface area contributed by atoms with Crippen LogP contribution in [0.2, 0.25) is 0 Å². The summed E-state index contributed by atoms with van der Waals surface area (Å²) in [4.78, 5) is 24.2. The van der Waals surface area contributed by atoms with Gasteiger partial charge in [0, 0.05) is 11.4 Å². The van der Waals surface area contributed by atoms with E-state index in [1.165, 1.54) is 11.8 Å². The Labute approximate surface area is 147 Å². The molecule has 2 aromatic carbocycles. The molecule has 0 bridgehead atoms. The maximum Gasteiger partial charge on any atom is 0.237 e. The van der Waals surface area contributed by atoms with Crippen LogP contribution < -0.4 is 10.6 Å². The Morgan fingerprint density at radius 3 is 2.46 bits per heavy atom. The second-order valence-corrected chi connectivity index (χ2v) is 7.00. The van der Waals surface area contributed by atoms with Gasteiger partial charge in [-0.25, -0.2) is 0 Å². The minimum Gasteiger partial charge on any atom is -0.325 e. The first-order valence-electron chi connectivity index (χ1n) is 7.80. The Hall–Kier alpha value is -2.27. The quantitative estimate of drug-likeness (QED) is 0.834. The van der Waals surface area contributed by atoms with E-state index in [4.69, 9.17) is 0 Å². The van der Waals surface area contributed by atoms with Gasteiger partial charge in [0.25, 0.3) is 0 Å². The molecule has 0 spiro atoms. The zero-order valence-electron chi connectivity index (χ0n) is 14.1. The fourth-order valence-corrected chi connectivity index (χ4v) is 2.78. The SMILES string of the molecule is Cc1ccc(C)c(NC(=O)C(C)SCC(=O)Nc2ccccc2)c1. The van der Waals surface area contributed by atoms with Gasteiger partial charge in [0.2, 0.25) is 11.8 Å². The number of carbonyl (C=O) groups excluding carboxylic acids is 2. The third kappa shape index (κ3) is 5.42. The third-order valence-corrected chi connectivity index (χ3v) is 4.69. The molecule has 2 amide bonds. The summed E-state index contributed by atoms with van der Waals surface area (Å²) in [7, 11) is 0. The van der Waals surface area contributed by atoms with Crippen LogP contribution in [0.5, 0.6) is 0 Å². The fourth-order valence-electron chi connectivity index (χ4n) is 2.10. The summed E-state index contributed by atoms with van der Waals surface area (Å²) in [6, 6.07) is 15.2. The van der Waals surface area contributed by atoms with Crippen molar-refractivity contribution in [1.82, 2.24) is 0 Å². The van der Waals surface area contributed by atoms with Gasteiger partial charge in [0.05, 0.1) is 11.0 Å². The lowest BCUT2D eigenvalue weighted by Gasteiger charge is -2.14. The first-order valence-corrected chi connectivity index (χ1v) is 8.85. The van der Waals surface area contributed by atoms with E-state index in [0.29, 0.717) is 0 Å². The van der Waals surface area contributed by atoms with Crippen LogP contribution in [0.15, 0.2) is 48.5 Å². The number of thioether (sulfide) groups is 1. The second-order valence-electron chi connectivity index (χ2n) is 5.68. The van der Waals surface area contributed by atoms with E-state index >= 15 is 0 Å². The van der Waals surface area contributed by atoms with E-state index in [2.05, 4.69) is 10.6 Å². The highest BCUT2D eigenvalue weighted by molar-refractivity contribution is 8.01. The van der Waals surface area contributed by atoms with Gasteiger partial charge in [-0.3, -0.25) is 9.59 Å². The van der Waals surface area contributed by atoms with E-state index in [1.54, 1.807) is 6.92 Å². The predicted octanol–water partition coefficient (Wildman–Crippen LogP) is 4.00. The molecule has 0 saturated heterocycles. The number of aryl methyl sites for hydroxylation is 2. The monoisotopic (exact) mass is 342 g/mol. The largest absolute Gasteiger partial charge is 0.325 e. The normalized spacial score (nSPS) is 11.6. The lowest BCUT2D eigenvalue weighted by atomic mass is 10.1. The van der Waals surface area contributed by atoms with Gasteiger partial charge in [-0.1, -0.05) is 30.3 Å². The highest BCUT2D eigenvalue weighted by Crippen LogP contribution is 2.19. The summed E-state index contributed by atoms with van der Waals surface area (Å²) in [5, 5.41) is 5.43. The molecular formula is C19H22N2O2S. The van der Waals surface area contributed by atoms with Crippen molar-refractivity contribution >= 4 is 35.0 Å². The van der Waals surface area contributed by atoms with Crippen LogP contribution in [0.4, 0.5) is 11.4 Å². The Balaban J connectivity index is 1.83. The number of amides is 2. The van der Waals surface area contributed by atoms with Gasteiger partial charge in [0.15, 0.2) is 0 Å². The Bertz CT molecular complexity index is 717. The van der Waals surface area contributed by atoms with Gasteiger partial charge in [-0.2, -0.15) is 0 Å². The molecule has 0 radical (unpaired) electrons. The van der Waals surface area contributed by atoms with Gasteiger partial charge in [0.1, 0.15) is 0 Å². The predicted molar refractivity (Wildman–Crippen MR) is 102 cm³/mol. The van der Waals surface area contributed by atoms with E-state index < -0.39 is 0 Å². The third-order valence-electron chi connectivity index (χ3n) is 3.54. The number of nitrogens with one attached hydrogen (secondary N) is 2. The lowest BCUT2D eigenvalue weighted by molar-refractivity contribution is -0.115. The summed E-state index contributed by atoms with van der Waals surface area (Å²) in [5.74, 6) is 0.0230. The van der Waals surface area contributed by atoms with Crippen molar-refractivity contribution in [2.75, 3.05) is 16.4 Å². The summed E-state index contributed by atoms with van der Waals surface area (Å²) in [6.45, 7) is 5.75. The average molecular weight is 342 g/mol. The first-order chi connectivity index (χ1) is 11.5. The van der Waals surface area contributed by atoms with Gasteiger partial charge < -0.3 is 10.6 Å². The number of benzene rings is 2. The number of anilines is 2. The minimum atomic E-state index is -0.313. The molecular weight excluding hydrogens is 320 g/mol. The number of carbonyl (C=O) groups is 2. The number of hydrogen-bond donors (Lipinski definition) is 2. The molecule has 0 aliphatic heterocycles. The molecule has 2 aromatic rings. The molecule has 2 N–H and O–H groups in total. The molecule has 0 fully saturated rings. The van der Waals surface area contributed by atoms with Crippen molar-refractivity contribution in [1.29, 1.82) is 0 Å². The maximum absolute atomic E-state index is 12.3. The summed E-state index contributed by atoms with van der Waals surface area (Å²) < 4.78 is 0. The van der Waals surface area contributed by atoms with Crippen LogP contribution in [-0.2, 0) is 9.59 Å². The smallest absolute Gasteiger partial charge is 0.237 e. The molecule has 0 saturated carbocycles. The molecule has 0 aliphatic carbocycles. The van der Waals surface area contributed by atoms with Crippen LogP contribution in [0.25, 0.3) is 0 Å². The zero-order valence-corrected chi connectivity index (χ0v) is 14.9. The van der Waals surface area contributed by atoms with Gasteiger partial charge in [-0.15, -0.1) is 11.8 Å². The number of rotatable bonds is 6. The zero-order chi connectivity index (χ0) is 17.5. The van der Waals surface area contributed by atoms with Crippen molar-refractivity contribution in [2.45, 2.75) is 26.0 Å². The van der Waals surface area contributed by atoms with E-state index in [0.717, 1.165) is 22.5 Å². The van der Waals surface area contributed by atoms with E-state index in [-0.39, 0.29) is 22.8 Å². The van der Waals surface area contributed by atoms with Crippen molar-refractivity contribution in [2.24, 2.45) is 0 Å². The summed E-state index contributed by atoms with van der Waals surface area (Å²) in [5.41, 5.74) is 3.70. The molecule has 0 heterocycles. The molecule has 1 unspecified atom stereocenters. The molecule has 0 aromatic heterocycles. The molecule has 0 aliphatic rings. The standard InChI is InChI=1S/C19H22N2O2S/c1-13-9-10-14(2)17(11-13)21-19(23)15(3)24-12-18(22)20-16-7-5-4-6-8-16/h4-11,15H,12H2,1-3H3,(H,20,22)(H,21,23). The fraction of sp³-hybridized carbons (Fsp3) is 0.263. The van der Waals surface area contributed by atoms with Crippen LogP contribution in [0, 0.1) is 13.8 Å². The molecule has 4 nitrogen and oxygen atoms in total. The van der Waals surface area contributed by atoms with Crippen LogP contribution in [0.3, 0.4) is 0 Å². The van der Waals surface area contributed by atoms with Crippen LogP contribution >= 0.6 is 11.8 Å². The van der Waals surface area contributed by atoms with Crippen molar-refractivity contribution in [3.05, 3.63) is 59.7 Å². The van der Waals surface area contributed by atoms with Crippen molar-refractivity contribution in [3.63, 3.8) is 0 Å². The maximum atomic E-state index is 12.3. The van der Waals surface area contributed by atoms with Gasteiger partial charge in [-0.05, 0) is 50.1 Å². The first kappa shape index (κ1) is 18.1. The van der Waals surface area contributed by atoms with Crippen molar-refractivity contribution < 1.29 is 9.59 Å². The summed E-state index contributed by atoms with van der Waals surface area (Å²) >= 11 is 1.32. The highest BCUT2D eigenvalue weighted by atomic mass is 32.2. The summed E-state index contributed by atoms with van der Waals surface area (Å²) in [6.07, 6.45) is 0. The Morgan fingerprint density at radius 2 is 1.75 bits per heavy atom. The topological polar surface area (TPSA) is 58.2 Å². The highest BCUT2D eigenvalue weighted by Gasteiger charge is 2.16. The molecule has 24 heavy (non-hydrogen) atoms. The Kier molecular flexibility index (Phi) is 6.44. The molecule has 126 valence electrons. The van der Waals surface area contributed by atoms with Gasteiger partial charge >= 0.3 is 0 Å². The van der Waals surface area contributed by atoms with Crippen LogP contribution in [0.1, 0.15) is 18.1 Å². The average Bonchev–Trinajstić information content (AvgIpc) is 2.57.